The second-order valence-corrected chi connectivity index (χ2v) is 7.83. The van der Waals surface area contributed by atoms with E-state index >= 15 is 0 Å². The fourth-order valence-corrected chi connectivity index (χ4v) is 3.71. The molecule has 5 heteroatoms. The van der Waals surface area contributed by atoms with Crippen LogP contribution in [0.25, 0.3) is 0 Å². The van der Waals surface area contributed by atoms with E-state index in [0.717, 1.165) is 6.42 Å². The molecular formula is C20H30N2O3. The molecule has 2 unspecified atom stereocenters. The van der Waals surface area contributed by atoms with E-state index in [1.54, 1.807) is 24.3 Å². The first-order valence-electron chi connectivity index (χ1n) is 9.03. The van der Waals surface area contributed by atoms with Crippen molar-refractivity contribution >= 4 is 17.6 Å². The van der Waals surface area contributed by atoms with Crippen LogP contribution in [-0.4, -0.2) is 31.6 Å². The van der Waals surface area contributed by atoms with Crippen molar-refractivity contribution in [1.29, 1.82) is 0 Å². The number of benzene rings is 1. The molecule has 0 saturated heterocycles. The fourth-order valence-electron chi connectivity index (χ4n) is 3.71. The highest BCUT2D eigenvalue weighted by atomic mass is 16.5. The summed E-state index contributed by atoms with van der Waals surface area (Å²) in [6.45, 7) is 7.05. The molecule has 138 valence electrons. The number of para-hydroxylation sites is 1. The van der Waals surface area contributed by atoms with Gasteiger partial charge < -0.3 is 15.4 Å². The van der Waals surface area contributed by atoms with E-state index in [0.29, 0.717) is 23.2 Å². The summed E-state index contributed by atoms with van der Waals surface area (Å²) in [4.78, 5) is 24.1. The van der Waals surface area contributed by atoms with E-state index in [4.69, 9.17) is 4.74 Å². The van der Waals surface area contributed by atoms with Crippen LogP contribution in [0.4, 0.5) is 5.69 Å². The topological polar surface area (TPSA) is 67.4 Å². The van der Waals surface area contributed by atoms with Crippen molar-refractivity contribution in [3.05, 3.63) is 29.8 Å². The molecule has 0 aromatic heterocycles. The van der Waals surface area contributed by atoms with Crippen molar-refractivity contribution in [2.75, 3.05) is 19.0 Å². The Labute approximate surface area is 150 Å². The molecule has 0 spiro atoms. The number of hydrogen-bond donors (Lipinski definition) is 2. The number of anilines is 1. The molecule has 1 saturated carbocycles. The molecule has 1 aromatic rings. The van der Waals surface area contributed by atoms with Crippen molar-refractivity contribution in [3.8, 4) is 0 Å². The first-order valence-corrected chi connectivity index (χ1v) is 9.03. The van der Waals surface area contributed by atoms with Gasteiger partial charge >= 0.3 is 5.97 Å². The SMILES string of the molecule is COC(=O)c1ccccc1NC(=O)CNC1CCCCC1C(C)(C)C. The predicted octanol–water partition coefficient (Wildman–Crippen LogP) is 3.61. The number of esters is 1. The van der Waals surface area contributed by atoms with Crippen LogP contribution < -0.4 is 10.6 Å². The highest BCUT2D eigenvalue weighted by Crippen LogP contribution is 2.37. The lowest BCUT2D eigenvalue weighted by Crippen LogP contribution is -2.46. The van der Waals surface area contributed by atoms with Crippen molar-refractivity contribution in [3.63, 3.8) is 0 Å². The maximum absolute atomic E-state index is 12.3. The Morgan fingerprint density at radius 3 is 2.52 bits per heavy atom. The van der Waals surface area contributed by atoms with E-state index < -0.39 is 5.97 Å². The Hall–Kier alpha value is -1.88. The van der Waals surface area contributed by atoms with Gasteiger partial charge in [0.2, 0.25) is 5.91 Å². The van der Waals surface area contributed by atoms with E-state index in [9.17, 15) is 9.59 Å². The third kappa shape index (κ3) is 5.30. The van der Waals surface area contributed by atoms with Crippen molar-refractivity contribution in [1.82, 2.24) is 5.32 Å². The highest BCUT2D eigenvalue weighted by molar-refractivity contribution is 6.01. The van der Waals surface area contributed by atoms with Crippen LogP contribution in [0.2, 0.25) is 0 Å². The Balaban J connectivity index is 1.96. The lowest BCUT2D eigenvalue weighted by Gasteiger charge is -2.40. The lowest BCUT2D eigenvalue weighted by molar-refractivity contribution is -0.115. The van der Waals surface area contributed by atoms with Crippen LogP contribution in [0.15, 0.2) is 24.3 Å². The minimum atomic E-state index is -0.455. The van der Waals surface area contributed by atoms with Gasteiger partial charge in [0.15, 0.2) is 0 Å². The molecule has 0 radical (unpaired) electrons. The number of carbonyl (C=O) groups is 2. The fraction of sp³-hybridized carbons (Fsp3) is 0.600. The molecule has 0 heterocycles. The number of methoxy groups -OCH3 is 1. The van der Waals surface area contributed by atoms with Gasteiger partial charge in [-0.2, -0.15) is 0 Å². The molecule has 1 aliphatic rings. The zero-order valence-corrected chi connectivity index (χ0v) is 15.7. The average Bonchev–Trinajstić information content (AvgIpc) is 2.59. The summed E-state index contributed by atoms with van der Waals surface area (Å²) in [5.41, 5.74) is 1.08. The van der Waals surface area contributed by atoms with Crippen LogP contribution in [0.1, 0.15) is 56.8 Å². The quantitative estimate of drug-likeness (QED) is 0.799. The minimum Gasteiger partial charge on any atom is -0.465 e. The van der Waals surface area contributed by atoms with E-state index in [1.165, 1.54) is 26.4 Å². The highest BCUT2D eigenvalue weighted by Gasteiger charge is 2.34. The molecule has 1 amide bonds. The number of amides is 1. The van der Waals surface area contributed by atoms with Gasteiger partial charge in [0.25, 0.3) is 0 Å². The van der Waals surface area contributed by atoms with Crippen molar-refractivity contribution in [2.45, 2.75) is 52.5 Å². The Morgan fingerprint density at radius 1 is 1.16 bits per heavy atom. The molecular weight excluding hydrogens is 316 g/mol. The van der Waals surface area contributed by atoms with Crippen LogP contribution in [0, 0.1) is 11.3 Å². The second kappa shape index (κ2) is 8.48. The van der Waals surface area contributed by atoms with Crippen LogP contribution in [0.5, 0.6) is 0 Å². The minimum absolute atomic E-state index is 0.144. The predicted molar refractivity (Wildman–Crippen MR) is 99.6 cm³/mol. The average molecular weight is 346 g/mol. The Kier molecular flexibility index (Phi) is 6.59. The zero-order valence-electron chi connectivity index (χ0n) is 15.7. The Morgan fingerprint density at radius 2 is 1.84 bits per heavy atom. The molecule has 1 aromatic carbocycles. The maximum atomic E-state index is 12.3. The number of ether oxygens (including phenoxy) is 1. The van der Waals surface area contributed by atoms with Gasteiger partial charge in [-0.05, 0) is 36.3 Å². The van der Waals surface area contributed by atoms with Gasteiger partial charge in [-0.15, -0.1) is 0 Å². The van der Waals surface area contributed by atoms with Gasteiger partial charge in [-0.25, -0.2) is 4.79 Å². The van der Waals surface area contributed by atoms with E-state index in [-0.39, 0.29) is 17.9 Å². The molecule has 5 nitrogen and oxygen atoms in total. The number of rotatable bonds is 5. The second-order valence-electron chi connectivity index (χ2n) is 7.83. The summed E-state index contributed by atoms with van der Waals surface area (Å²) in [6.07, 6.45) is 4.78. The third-order valence-corrected chi connectivity index (χ3v) is 5.01. The molecule has 2 atom stereocenters. The van der Waals surface area contributed by atoms with E-state index in [2.05, 4.69) is 31.4 Å². The Bertz CT molecular complexity index is 607. The first-order chi connectivity index (χ1) is 11.8. The molecule has 2 rings (SSSR count). The summed E-state index contributed by atoms with van der Waals surface area (Å²) >= 11 is 0. The van der Waals surface area contributed by atoms with E-state index in [1.807, 2.05) is 0 Å². The molecule has 0 bridgehead atoms. The normalized spacial score (nSPS) is 20.8. The van der Waals surface area contributed by atoms with Crippen LogP contribution in [0.3, 0.4) is 0 Å². The van der Waals surface area contributed by atoms with Gasteiger partial charge in [0.1, 0.15) is 0 Å². The summed E-state index contributed by atoms with van der Waals surface area (Å²) in [5, 5.41) is 6.25. The molecule has 1 aliphatic carbocycles. The molecule has 0 aliphatic heterocycles. The number of nitrogens with one attached hydrogen (secondary N) is 2. The third-order valence-electron chi connectivity index (χ3n) is 5.01. The number of hydrogen-bond acceptors (Lipinski definition) is 4. The van der Waals surface area contributed by atoms with Crippen LogP contribution >= 0.6 is 0 Å². The van der Waals surface area contributed by atoms with Gasteiger partial charge in [0.05, 0.1) is 24.9 Å². The first kappa shape index (κ1) is 19.4. The monoisotopic (exact) mass is 346 g/mol. The summed E-state index contributed by atoms with van der Waals surface area (Å²) in [5.74, 6) is -0.0325. The standard InChI is InChI=1S/C20H30N2O3/c1-20(2,3)15-10-6-8-12-17(15)21-13-18(23)22-16-11-7-5-9-14(16)19(24)25-4/h5,7,9,11,15,17,21H,6,8,10,12-13H2,1-4H3,(H,22,23). The smallest absolute Gasteiger partial charge is 0.339 e. The van der Waals surface area contributed by atoms with Crippen LogP contribution in [-0.2, 0) is 9.53 Å². The largest absolute Gasteiger partial charge is 0.465 e. The molecule has 1 fully saturated rings. The molecule has 25 heavy (non-hydrogen) atoms. The summed E-state index contributed by atoms with van der Waals surface area (Å²) in [7, 11) is 1.33. The summed E-state index contributed by atoms with van der Waals surface area (Å²) < 4.78 is 4.76. The maximum Gasteiger partial charge on any atom is 0.339 e. The van der Waals surface area contributed by atoms with Crippen molar-refractivity contribution < 1.29 is 14.3 Å². The van der Waals surface area contributed by atoms with Gasteiger partial charge in [-0.1, -0.05) is 45.7 Å². The van der Waals surface area contributed by atoms with Gasteiger partial charge in [-0.3, -0.25) is 4.79 Å². The van der Waals surface area contributed by atoms with Gasteiger partial charge in [0, 0.05) is 6.04 Å². The lowest BCUT2D eigenvalue weighted by atomic mass is 9.69. The summed E-state index contributed by atoms with van der Waals surface area (Å²) in [6, 6.07) is 7.24. The van der Waals surface area contributed by atoms with Crippen molar-refractivity contribution in [2.24, 2.45) is 11.3 Å². The number of carbonyl (C=O) groups excluding carboxylic acids is 2. The molecule has 2 N–H and O–H groups in total. The zero-order chi connectivity index (χ0) is 18.4.